The maximum absolute atomic E-state index is 12.5. The second-order valence-electron chi connectivity index (χ2n) is 5.91. The van der Waals surface area contributed by atoms with Gasteiger partial charge in [-0.2, -0.15) is 18.4 Å². The highest BCUT2D eigenvalue weighted by atomic mass is 19.4. The molecule has 0 bridgehead atoms. The number of amides is 2. The van der Waals surface area contributed by atoms with Gasteiger partial charge in [-0.25, -0.2) is 0 Å². The molecule has 2 aromatic rings. The van der Waals surface area contributed by atoms with Crippen molar-refractivity contribution in [2.45, 2.75) is 25.1 Å². The number of nitrogens with zero attached hydrogens (tertiary/aromatic N) is 1. The number of benzene rings is 2. The highest BCUT2D eigenvalue weighted by molar-refractivity contribution is 5.87. The van der Waals surface area contributed by atoms with Crippen molar-refractivity contribution in [2.24, 2.45) is 5.73 Å². The number of halogens is 3. The second kappa shape index (κ2) is 8.36. The summed E-state index contributed by atoms with van der Waals surface area (Å²) in [6, 6.07) is 11.7. The third-order valence-corrected chi connectivity index (χ3v) is 3.85. The molecule has 2 aromatic carbocycles. The molecule has 0 aliphatic carbocycles. The second-order valence-corrected chi connectivity index (χ2v) is 5.91. The fourth-order valence-corrected chi connectivity index (χ4v) is 2.42. The first-order valence-corrected chi connectivity index (χ1v) is 7.93. The van der Waals surface area contributed by atoms with Crippen LogP contribution in [0.15, 0.2) is 48.5 Å². The minimum Gasteiger partial charge on any atom is -0.368 e. The zero-order valence-electron chi connectivity index (χ0n) is 14.1. The fourth-order valence-electron chi connectivity index (χ4n) is 2.42. The predicted molar refractivity (Wildman–Crippen MR) is 91.1 cm³/mol. The number of carbonyl (C=O) groups is 2. The summed E-state index contributed by atoms with van der Waals surface area (Å²) < 4.78 is 37.6. The molecule has 8 heteroatoms. The highest BCUT2D eigenvalue weighted by Crippen LogP contribution is 2.29. The van der Waals surface area contributed by atoms with E-state index in [1.54, 1.807) is 24.3 Å². The van der Waals surface area contributed by atoms with Gasteiger partial charge in [0.25, 0.3) is 0 Å². The maximum atomic E-state index is 12.5. The number of hydrogen-bond acceptors (Lipinski definition) is 3. The van der Waals surface area contributed by atoms with Crippen molar-refractivity contribution in [3.05, 3.63) is 70.8 Å². The number of nitriles is 1. The fraction of sp³-hybridized carbons (Fsp3) is 0.211. The van der Waals surface area contributed by atoms with Crippen LogP contribution in [0.1, 0.15) is 22.3 Å². The molecule has 27 heavy (non-hydrogen) atoms. The van der Waals surface area contributed by atoms with Crippen molar-refractivity contribution < 1.29 is 22.8 Å². The molecule has 0 fully saturated rings. The molecule has 1 atom stereocenters. The Bertz CT molecular complexity index is 854. The monoisotopic (exact) mass is 375 g/mol. The maximum Gasteiger partial charge on any atom is 0.416 e. The molecular formula is C19H16F3N3O2. The van der Waals surface area contributed by atoms with E-state index in [2.05, 4.69) is 5.32 Å². The van der Waals surface area contributed by atoms with Crippen LogP contribution in [0.2, 0.25) is 0 Å². The number of alkyl halides is 3. The van der Waals surface area contributed by atoms with Crippen LogP contribution in [0, 0.1) is 11.3 Å². The van der Waals surface area contributed by atoms with Crippen LogP contribution in [-0.4, -0.2) is 17.9 Å². The Morgan fingerprint density at radius 3 is 2.07 bits per heavy atom. The summed E-state index contributed by atoms with van der Waals surface area (Å²) >= 11 is 0. The van der Waals surface area contributed by atoms with E-state index >= 15 is 0 Å². The molecule has 0 saturated carbocycles. The molecule has 3 N–H and O–H groups in total. The van der Waals surface area contributed by atoms with E-state index in [1.165, 1.54) is 12.1 Å². The molecule has 2 rings (SSSR count). The molecule has 0 heterocycles. The normalized spacial score (nSPS) is 12.1. The summed E-state index contributed by atoms with van der Waals surface area (Å²) in [6.07, 6.45) is -4.49. The van der Waals surface area contributed by atoms with E-state index in [0.29, 0.717) is 16.7 Å². The van der Waals surface area contributed by atoms with Crippen molar-refractivity contribution in [3.63, 3.8) is 0 Å². The average Bonchev–Trinajstić information content (AvgIpc) is 2.61. The topological polar surface area (TPSA) is 96.0 Å². The summed E-state index contributed by atoms with van der Waals surface area (Å²) in [6.45, 7) is 0. The Balaban J connectivity index is 2.00. The van der Waals surface area contributed by atoms with Crippen LogP contribution in [-0.2, 0) is 28.6 Å². The lowest BCUT2D eigenvalue weighted by Crippen LogP contribution is -2.46. The summed E-state index contributed by atoms with van der Waals surface area (Å²) in [5.41, 5.74) is 6.05. The van der Waals surface area contributed by atoms with E-state index in [-0.39, 0.29) is 12.8 Å². The van der Waals surface area contributed by atoms with Crippen molar-refractivity contribution in [3.8, 4) is 6.07 Å². The van der Waals surface area contributed by atoms with E-state index in [1.807, 2.05) is 6.07 Å². The zero-order chi connectivity index (χ0) is 20.0. The quantitative estimate of drug-likeness (QED) is 0.811. The summed E-state index contributed by atoms with van der Waals surface area (Å²) in [5, 5.41) is 11.3. The smallest absolute Gasteiger partial charge is 0.368 e. The number of hydrogen-bond donors (Lipinski definition) is 2. The Morgan fingerprint density at radius 1 is 1.04 bits per heavy atom. The molecular weight excluding hydrogens is 359 g/mol. The van der Waals surface area contributed by atoms with Crippen LogP contribution < -0.4 is 11.1 Å². The van der Waals surface area contributed by atoms with E-state index < -0.39 is 29.6 Å². The van der Waals surface area contributed by atoms with Crippen molar-refractivity contribution in [1.29, 1.82) is 5.26 Å². The number of carbonyl (C=O) groups excluding carboxylic acids is 2. The highest BCUT2D eigenvalue weighted by Gasteiger charge is 2.30. The van der Waals surface area contributed by atoms with Gasteiger partial charge in [0.15, 0.2) is 0 Å². The Hall–Kier alpha value is -3.34. The Labute approximate surface area is 153 Å². The van der Waals surface area contributed by atoms with E-state index in [4.69, 9.17) is 11.0 Å². The molecule has 5 nitrogen and oxygen atoms in total. The van der Waals surface area contributed by atoms with Gasteiger partial charge in [0.2, 0.25) is 11.8 Å². The van der Waals surface area contributed by atoms with Crippen LogP contribution in [0.3, 0.4) is 0 Å². The molecule has 140 valence electrons. The first-order valence-electron chi connectivity index (χ1n) is 7.93. The van der Waals surface area contributed by atoms with Crippen LogP contribution in [0.4, 0.5) is 13.2 Å². The predicted octanol–water partition coefficient (Wildman–Crippen LogP) is 2.33. The van der Waals surface area contributed by atoms with Gasteiger partial charge in [-0.1, -0.05) is 24.3 Å². The van der Waals surface area contributed by atoms with Gasteiger partial charge in [0.05, 0.1) is 23.6 Å². The number of rotatable bonds is 6. The number of nitrogens with one attached hydrogen (secondary N) is 1. The van der Waals surface area contributed by atoms with Gasteiger partial charge in [0.1, 0.15) is 6.04 Å². The van der Waals surface area contributed by atoms with Crippen molar-refractivity contribution >= 4 is 11.8 Å². The lowest BCUT2D eigenvalue weighted by atomic mass is 10.0. The van der Waals surface area contributed by atoms with Crippen LogP contribution in [0.5, 0.6) is 0 Å². The van der Waals surface area contributed by atoms with E-state index in [9.17, 15) is 22.8 Å². The summed E-state index contributed by atoms with van der Waals surface area (Å²) in [5.74, 6) is -1.27. The molecule has 0 aliphatic heterocycles. The largest absolute Gasteiger partial charge is 0.416 e. The molecule has 0 aromatic heterocycles. The molecule has 0 radical (unpaired) electrons. The minimum absolute atomic E-state index is 0.139. The number of nitrogens with two attached hydrogens (primary N) is 1. The molecule has 0 saturated heterocycles. The minimum atomic E-state index is -4.45. The standard InChI is InChI=1S/C19H16F3N3O2/c20-19(21,22)15-7-5-13(6-8-15)10-17(26)25-16(18(24)27)9-12-1-3-14(11-23)4-2-12/h1-8,16H,9-10H2,(H2,24,27)(H,25,26)/t16-/m0/s1. The molecule has 0 aliphatic rings. The van der Waals surface area contributed by atoms with E-state index in [0.717, 1.165) is 12.1 Å². The van der Waals surface area contributed by atoms with Gasteiger partial charge in [0, 0.05) is 6.42 Å². The summed E-state index contributed by atoms with van der Waals surface area (Å²) in [4.78, 5) is 23.7. The molecule has 2 amide bonds. The van der Waals surface area contributed by atoms with Crippen LogP contribution in [0.25, 0.3) is 0 Å². The molecule has 0 spiro atoms. The van der Waals surface area contributed by atoms with Gasteiger partial charge in [-0.05, 0) is 35.4 Å². The average molecular weight is 375 g/mol. The SMILES string of the molecule is N#Cc1ccc(C[C@H](NC(=O)Cc2ccc(C(F)(F)F)cc2)C(N)=O)cc1. The Morgan fingerprint density at radius 2 is 1.59 bits per heavy atom. The van der Waals surface area contributed by atoms with Crippen molar-refractivity contribution in [1.82, 2.24) is 5.32 Å². The zero-order valence-corrected chi connectivity index (χ0v) is 14.1. The number of primary amides is 1. The first kappa shape index (κ1) is 20.0. The summed E-state index contributed by atoms with van der Waals surface area (Å²) in [7, 11) is 0. The first-order chi connectivity index (χ1) is 12.7. The van der Waals surface area contributed by atoms with Gasteiger partial charge < -0.3 is 11.1 Å². The third-order valence-electron chi connectivity index (χ3n) is 3.85. The van der Waals surface area contributed by atoms with Crippen molar-refractivity contribution in [2.75, 3.05) is 0 Å². The lowest BCUT2D eigenvalue weighted by Gasteiger charge is -2.16. The van der Waals surface area contributed by atoms with Crippen LogP contribution >= 0.6 is 0 Å². The van der Waals surface area contributed by atoms with Gasteiger partial charge in [-0.15, -0.1) is 0 Å². The van der Waals surface area contributed by atoms with Gasteiger partial charge in [-0.3, -0.25) is 9.59 Å². The van der Waals surface area contributed by atoms with Gasteiger partial charge >= 0.3 is 6.18 Å². The third kappa shape index (κ3) is 5.85. The Kier molecular flexibility index (Phi) is 6.19. The molecule has 0 unspecified atom stereocenters. The lowest BCUT2D eigenvalue weighted by molar-refractivity contribution is -0.137.